The summed E-state index contributed by atoms with van der Waals surface area (Å²) in [6, 6.07) is 9.22. The number of hydrogen-bond donors (Lipinski definition) is 1. The van der Waals surface area contributed by atoms with Crippen molar-refractivity contribution in [3.8, 4) is 0 Å². The molecule has 0 aliphatic carbocycles. The maximum Gasteiger partial charge on any atom is 0.338 e. The van der Waals surface area contributed by atoms with E-state index < -0.39 is 5.97 Å². The maximum absolute atomic E-state index is 13.0. The summed E-state index contributed by atoms with van der Waals surface area (Å²) in [7, 11) is 0. The number of rotatable bonds is 3. The lowest BCUT2D eigenvalue weighted by molar-refractivity contribution is 0.0471. The molecule has 0 atom stereocenters. The van der Waals surface area contributed by atoms with Crippen LogP contribution in [0.5, 0.6) is 0 Å². The van der Waals surface area contributed by atoms with Gasteiger partial charge in [-0.25, -0.2) is 9.18 Å². The van der Waals surface area contributed by atoms with Gasteiger partial charge in [-0.15, -0.1) is 0 Å². The molecule has 3 nitrogen and oxygen atoms in total. The lowest BCUT2D eigenvalue weighted by Crippen LogP contribution is -2.08. The number of halogens is 2. The maximum atomic E-state index is 13.0. The number of aryl methyl sites for hydroxylation is 1. The fraction of sp³-hybridized carbons (Fsp3) is 0.133. The molecule has 0 spiro atoms. The van der Waals surface area contributed by atoms with Gasteiger partial charge in [-0.05, 0) is 42.8 Å². The van der Waals surface area contributed by atoms with Gasteiger partial charge in [0.2, 0.25) is 0 Å². The van der Waals surface area contributed by atoms with Crippen molar-refractivity contribution in [2.24, 2.45) is 0 Å². The van der Waals surface area contributed by atoms with Crippen molar-refractivity contribution in [1.29, 1.82) is 0 Å². The third-order valence-electron chi connectivity index (χ3n) is 2.84. The minimum atomic E-state index is -0.432. The number of esters is 1. The molecule has 104 valence electrons. The minimum Gasteiger partial charge on any atom is -0.457 e. The second-order valence-electron chi connectivity index (χ2n) is 4.39. The Morgan fingerprint density at radius 2 is 2.05 bits per heavy atom. The van der Waals surface area contributed by atoms with E-state index in [4.69, 9.17) is 10.5 Å². The van der Waals surface area contributed by atoms with E-state index in [1.165, 1.54) is 12.1 Å². The molecule has 0 aliphatic heterocycles. The number of carbonyl (C=O) groups is 1. The van der Waals surface area contributed by atoms with E-state index in [9.17, 15) is 9.18 Å². The summed E-state index contributed by atoms with van der Waals surface area (Å²) in [5.41, 5.74) is 8.16. The molecule has 0 saturated carbocycles. The van der Waals surface area contributed by atoms with Crippen LogP contribution in [0.1, 0.15) is 21.5 Å². The van der Waals surface area contributed by atoms with E-state index in [1.807, 2.05) is 0 Å². The van der Waals surface area contributed by atoms with Crippen molar-refractivity contribution in [3.05, 3.63) is 63.4 Å². The Kier molecular flexibility index (Phi) is 4.39. The normalized spacial score (nSPS) is 10.3. The molecule has 0 fully saturated rings. The van der Waals surface area contributed by atoms with Crippen LogP contribution in [0.2, 0.25) is 0 Å². The highest BCUT2D eigenvalue weighted by Crippen LogP contribution is 2.20. The number of hydrogen-bond acceptors (Lipinski definition) is 3. The fourth-order valence-corrected chi connectivity index (χ4v) is 2.24. The summed E-state index contributed by atoms with van der Waals surface area (Å²) in [5, 5.41) is 0. The lowest BCUT2D eigenvalue weighted by Gasteiger charge is -2.09. The van der Waals surface area contributed by atoms with E-state index in [2.05, 4.69) is 15.9 Å². The SMILES string of the molecule is Cc1cc(N)ccc1C(=O)OCc1ccc(F)cc1Br. The molecule has 20 heavy (non-hydrogen) atoms. The molecule has 2 rings (SSSR count). The van der Waals surface area contributed by atoms with E-state index in [0.29, 0.717) is 21.3 Å². The standard InChI is InChI=1S/C15H13BrFNO2/c1-9-6-12(18)4-5-13(9)15(19)20-8-10-2-3-11(17)7-14(10)16/h2-7H,8,18H2,1H3. The highest BCUT2D eigenvalue weighted by atomic mass is 79.9. The van der Waals surface area contributed by atoms with Crippen LogP contribution in [0.4, 0.5) is 10.1 Å². The van der Waals surface area contributed by atoms with Gasteiger partial charge < -0.3 is 10.5 Å². The zero-order valence-electron chi connectivity index (χ0n) is 10.8. The first kappa shape index (κ1) is 14.5. The first-order chi connectivity index (χ1) is 9.47. The fourth-order valence-electron chi connectivity index (χ4n) is 1.78. The van der Waals surface area contributed by atoms with Gasteiger partial charge in [0.1, 0.15) is 12.4 Å². The molecule has 0 bridgehead atoms. The van der Waals surface area contributed by atoms with E-state index >= 15 is 0 Å². The number of anilines is 1. The third kappa shape index (κ3) is 3.36. The van der Waals surface area contributed by atoms with Crippen LogP contribution in [0.15, 0.2) is 40.9 Å². The summed E-state index contributed by atoms with van der Waals surface area (Å²) in [6.45, 7) is 1.87. The molecule has 2 aromatic carbocycles. The molecule has 0 aromatic heterocycles. The van der Waals surface area contributed by atoms with E-state index in [0.717, 1.165) is 5.56 Å². The topological polar surface area (TPSA) is 52.3 Å². The predicted octanol–water partition coefficient (Wildman–Crippen LogP) is 3.84. The Morgan fingerprint density at radius 1 is 1.30 bits per heavy atom. The number of carbonyl (C=O) groups excluding carboxylic acids is 1. The molecular weight excluding hydrogens is 325 g/mol. The van der Waals surface area contributed by atoms with Gasteiger partial charge in [-0.3, -0.25) is 0 Å². The monoisotopic (exact) mass is 337 g/mol. The van der Waals surface area contributed by atoms with Gasteiger partial charge in [-0.1, -0.05) is 22.0 Å². The molecule has 0 heterocycles. The second kappa shape index (κ2) is 6.05. The molecule has 0 radical (unpaired) electrons. The van der Waals surface area contributed by atoms with Crippen LogP contribution < -0.4 is 5.73 Å². The number of nitrogens with two attached hydrogens (primary N) is 1. The van der Waals surface area contributed by atoms with Gasteiger partial charge in [0.05, 0.1) is 5.56 Å². The summed E-state index contributed by atoms with van der Waals surface area (Å²) < 4.78 is 18.7. The van der Waals surface area contributed by atoms with Crippen molar-refractivity contribution in [2.45, 2.75) is 13.5 Å². The zero-order chi connectivity index (χ0) is 14.7. The van der Waals surface area contributed by atoms with E-state index in [-0.39, 0.29) is 12.4 Å². The average Bonchev–Trinajstić information content (AvgIpc) is 2.37. The van der Waals surface area contributed by atoms with E-state index in [1.54, 1.807) is 31.2 Å². The number of ether oxygens (including phenoxy) is 1. The quantitative estimate of drug-likeness (QED) is 0.683. The zero-order valence-corrected chi connectivity index (χ0v) is 12.4. The predicted molar refractivity (Wildman–Crippen MR) is 78.8 cm³/mol. The van der Waals surface area contributed by atoms with Gasteiger partial charge in [0.15, 0.2) is 0 Å². The Hall–Kier alpha value is -1.88. The summed E-state index contributed by atoms with van der Waals surface area (Å²) in [4.78, 5) is 12.0. The second-order valence-corrected chi connectivity index (χ2v) is 5.24. The van der Waals surface area contributed by atoms with Gasteiger partial charge >= 0.3 is 5.97 Å². The van der Waals surface area contributed by atoms with Gasteiger partial charge in [0, 0.05) is 15.7 Å². The summed E-state index contributed by atoms with van der Waals surface area (Å²) in [6.07, 6.45) is 0. The first-order valence-electron chi connectivity index (χ1n) is 5.94. The van der Waals surface area contributed by atoms with Crippen molar-refractivity contribution in [3.63, 3.8) is 0 Å². The molecule has 5 heteroatoms. The molecule has 0 amide bonds. The molecule has 2 aromatic rings. The Bertz CT molecular complexity index is 658. The van der Waals surface area contributed by atoms with Crippen molar-refractivity contribution >= 4 is 27.6 Å². The Labute approximate surface area is 124 Å². The first-order valence-corrected chi connectivity index (χ1v) is 6.74. The van der Waals surface area contributed by atoms with Crippen molar-refractivity contribution in [1.82, 2.24) is 0 Å². The van der Waals surface area contributed by atoms with Gasteiger partial charge in [-0.2, -0.15) is 0 Å². The average molecular weight is 338 g/mol. The third-order valence-corrected chi connectivity index (χ3v) is 3.58. The van der Waals surface area contributed by atoms with Crippen molar-refractivity contribution in [2.75, 3.05) is 5.73 Å². The highest BCUT2D eigenvalue weighted by Gasteiger charge is 2.11. The smallest absolute Gasteiger partial charge is 0.338 e. The number of benzene rings is 2. The molecule has 0 saturated heterocycles. The van der Waals surface area contributed by atoms with Crippen LogP contribution in [0.3, 0.4) is 0 Å². The molecule has 0 aliphatic rings. The summed E-state index contributed by atoms with van der Waals surface area (Å²) in [5.74, 6) is -0.778. The van der Waals surface area contributed by atoms with Crippen LogP contribution in [0.25, 0.3) is 0 Å². The van der Waals surface area contributed by atoms with Gasteiger partial charge in [0.25, 0.3) is 0 Å². The molecule has 2 N–H and O–H groups in total. The largest absolute Gasteiger partial charge is 0.457 e. The lowest BCUT2D eigenvalue weighted by atomic mass is 10.1. The van der Waals surface area contributed by atoms with Crippen LogP contribution in [-0.4, -0.2) is 5.97 Å². The Morgan fingerprint density at radius 3 is 2.70 bits per heavy atom. The summed E-state index contributed by atoms with van der Waals surface area (Å²) >= 11 is 3.23. The molecular formula is C15H13BrFNO2. The number of nitrogen functional groups attached to an aromatic ring is 1. The molecule has 0 unspecified atom stereocenters. The van der Waals surface area contributed by atoms with Crippen LogP contribution in [0, 0.1) is 12.7 Å². The Balaban J connectivity index is 2.08. The van der Waals surface area contributed by atoms with Crippen LogP contribution >= 0.6 is 15.9 Å². The van der Waals surface area contributed by atoms with Crippen LogP contribution in [-0.2, 0) is 11.3 Å². The minimum absolute atomic E-state index is 0.0729. The van der Waals surface area contributed by atoms with Crippen molar-refractivity contribution < 1.29 is 13.9 Å². The highest BCUT2D eigenvalue weighted by molar-refractivity contribution is 9.10.